The highest BCUT2D eigenvalue weighted by atomic mass is 14.2. The van der Waals surface area contributed by atoms with Gasteiger partial charge in [0.15, 0.2) is 0 Å². The van der Waals surface area contributed by atoms with E-state index in [1.807, 2.05) is 0 Å². The third kappa shape index (κ3) is 10.9. The van der Waals surface area contributed by atoms with E-state index in [9.17, 15) is 0 Å². The normalized spacial score (nSPS) is 25.9. The van der Waals surface area contributed by atoms with Crippen LogP contribution in [0.15, 0.2) is 0 Å². The van der Waals surface area contributed by atoms with Crippen LogP contribution in [0.4, 0.5) is 0 Å². The lowest BCUT2D eigenvalue weighted by Gasteiger charge is -2.22. The third-order valence-electron chi connectivity index (χ3n) is 4.03. The third-order valence-corrected chi connectivity index (χ3v) is 4.03. The summed E-state index contributed by atoms with van der Waals surface area (Å²) in [7, 11) is 0. The molecule has 3 atom stereocenters. The molecule has 0 radical (unpaired) electrons. The van der Waals surface area contributed by atoms with Crippen molar-refractivity contribution in [3.63, 3.8) is 0 Å². The van der Waals surface area contributed by atoms with Crippen LogP contribution >= 0.6 is 0 Å². The Kier molecular flexibility index (Phi) is 11.1. The highest BCUT2D eigenvalue weighted by molar-refractivity contribution is 4.66. The van der Waals surface area contributed by atoms with Crippen LogP contribution in [0.1, 0.15) is 92.4 Å². The van der Waals surface area contributed by atoms with Crippen LogP contribution < -0.4 is 0 Å². The Balaban J connectivity index is 0.000000302. The fourth-order valence-electron chi connectivity index (χ4n) is 2.93. The highest BCUT2D eigenvalue weighted by Gasteiger charge is 2.13. The van der Waals surface area contributed by atoms with Gasteiger partial charge in [-0.15, -0.1) is 0 Å². The number of hydrogen-bond acceptors (Lipinski definition) is 0. The minimum atomic E-state index is 0.968. The highest BCUT2D eigenvalue weighted by Crippen LogP contribution is 2.27. The van der Waals surface area contributed by atoms with E-state index < -0.39 is 0 Å². The fraction of sp³-hybridized carbons (Fsp3) is 1.00. The van der Waals surface area contributed by atoms with E-state index in [0.29, 0.717) is 0 Å². The fourth-order valence-corrected chi connectivity index (χ4v) is 2.93. The van der Waals surface area contributed by atoms with Crippen molar-refractivity contribution in [2.75, 3.05) is 0 Å². The molecule has 0 N–H and O–H groups in total. The second kappa shape index (κ2) is 11.1. The summed E-state index contributed by atoms with van der Waals surface area (Å²) in [5, 5.41) is 0. The SMILES string of the molecule is CC1CCCC(C)C1.CCCCC(C)CCC. The van der Waals surface area contributed by atoms with Crippen LogP contribution in [0.2, 0.25) is 0 Å². The molecule has 1 saturated carbocycles. The summed E-state index contributed by atoms with van der Waals surface area (Å²) in [5.41, 5.74) is 0. The number of rotatable bonds is 5. The van der Waals surface area contributed by atoms with E-state index in [1.165, 1.54) is 57.8 Å². The van der Waals surface area contributed by atoms with Crippen molar-refractivity contribution >= 4 is 0 Å². The molecule has 0 aromatic rings. The molecule has 0 saturated heterocycles. The molecule has 1 aliphatic rings. The summed E-state index contributed by atoms with van der Waals surface area (Å²) in [6, 6.07) is 0. The van der Waals surface area contributed by atoms with E-state index in [1.54, 1.807) is 0 Å². The summed E-state index contributed by atoms with van der Waals surface area (Å²) < 4.78 is 0. The van der Waals surface area contributed by atoms with Gasteiger partial charge in [-0.3, -0.25) is 0 Å². The van der Waals surface area contributed by atoms with Crippen molar-refractivity contribution in [2.24, 2.45) is 17.8 Å². The molecular formula is C17H36. The average Bonchev–Trinajstić information content (AvgIpc) is 2.27. The number of hydrogen-bond donors (Lipinski definition) is 0. The first-order valence-electron chi connectivity index (χ1n) is 8.10. The molecule has 0 heteroatoms. The van der Waals surface area contributed by atoms with Gasteiger partial charge in [0.05, 0.1) is 0 Å². The van der Waals surface area contributed by atoms with E-state index >= 15 is 0 Å². The zero-order valence-electron chi connectivity index (χ0n) is 13.1. The van der Waals surface area contributed by atoms with E-state index in [-0.39, 0.29) is 0 Å². The molecule has 0 nitrogen and oxygen atoms in total. The van der Waals surface area contributed by atoms with Crippen molar-refractivity contribution in [1.82, 2.24) is 0 Å². The van der Waals surface area contributed by atoms with Crippen molar-refractivity contribution in [2.45, 2.75) is 92.4 Å². The van der Waals surface area contributed by atoms with Crippen LogP contribution in [0.5, 0.6) is 0 Å². The molecule has 0 bridgehead atoms. The maximum absolute atomic E-state index is 2.37. The van der Waals surface area contributed by atoms with E-state index in [0.717, 1.165) is 17.8 Å². The van der Waals surface area contributed by atoms with Gasteiger partial charge in [-0.25, -0.2) is 0 Å². The summed E-state index contributed by atoms with van der Waals surface area (Å²) in [5.74, 6) is 2.99. The first kappa shape index (κ1) is 17.0. The lowest BCUT2D eigenvalue weighted by molar-refractivity contribution is 0.301. The quantitative estimate of drug-likeness (QED) is 0.518. The Morgan fingerprint density at radius 1 is 0.941 bits per heavy atom. The van der Waals surface area contributed by atoms with Gasteiger partial charge in [0.25, 0.3) is 0 Å². The molecular weight excluding hydrogens is 204 g/mol. The lowest BCUT2D eigenvalue weighted by Crippen LogP contribution is -2.09. The van der Waals surface area contributed by atoms with Gasteiger partial charge < -0.3 is 0 Å². The van der Waals surface area contributed by atoms with E-state index in [4.69, 9.17) is 0 Å². The van der Waals surface area contributed by atoms with Crippen LogP contribution in [0, 0.1) is 17.8 Å². The molecule has 1 rings (SSSR count). The van der Waals surface area contributed by atoms with Crippen molar-refractivity contribution < 1.29 is 0 Å². The summed E-state index contributed by atoms with van der Waals surface area (Å²) in [6.07, 6.45) is 12.9. The van der Waals surface area contributed by atoms with Crippen LogP contribution in [0.25, 0.3) is 0 Å². The monoisotopic (exact) mass is 240 g/mol. The van der Waals surface area contributed by atoms with Crippen LogP contribution in [-0.4, -0.2) is 0 Å². The van der Waals surface area contributed by atoms with E-state index in [2.05, 4.69) is 34.6 Å². The summed E-state index contributed by atoms with van der Waals surface area (Å²) in [4.78, 5) is 0. The number of unbranched alkanes of at least 4 members (excludes halogenated alkanes) is 1. The Morgan fingerprint density at radius 2 is 1.53 bits per heavy atom. The molecule has 0 amide bonds. The molecule has 1 aliphatic carbocycles. The van der Waals surface area contributed by atoms with Crippen molar-refractivity contribution in [3.05, 3.63) is 0 Å². The molecule has 0 heterocycles. The lowest BCUT2D eigenvalue weighted by atomic mass is 9.84. The predicted molar refractivity (Wildman–Crippen MR) is 80.4 cm³/mol. The predicted octanol–water partition coefficient (Wildman–Crippen LogP) is 6.45. The van der Waals surface area contributed by atoms with Crippen LogP contribution in [-0.2, 0) is 0 Å². The topological polar surface area (TPSA) is 0 Å². The minimum absolute atomic E-state index is 0.968. The smallest absolute Gasteiger partial charge is 0.0440 e. The largest absolute Gasteiger partial charge is 0.0654 e. The minimum Gasteiger partial charge on any atom is -0.0654 e. The first-order valence-corrected chi connectivity index (χ1v) is 8.10. The average molecular weight is 240 g/mol. The van der Waals surface area contributed by atoms with Gasteiger partial charge in [0.1, 0.15) is 0 Å². The zero-order valence-corrected chi connectivity index (χ0v) is 13.1. The molecule has 104 valence electrons. The molecule has 0 aromatic carbocycles. The van der Waals surface area contributed by atoms with Gasteiger partial charge >= 0.3 is 0 Å². The molecule has 1 fully saturated rings. The van der Waals surface area contributed by atoms with Crippen molar-refractivity contribution in [3.8, 4) is 0 Å². The Bertz CT molecular complexity index is 142. The second-order valence-corrected chi connectivity index (χ2v) is 6.41. The zero-order chi connectivity index (χ0) is 13.1. The standard InChI is InChI=1S/C9H20.C8H16/c1-4-6-8-9(3)7-5-2;1-7-4-3-5-8(2)6-7/h9H,4-8H2,1-3H3;7-8H,3-6H2,1-2H3. The van der Waals surface area contributed by atoms with Gasteiger partial charge in [-0.05, 0) is 24.2 Å². The van der Waals surface area contributed by atoms with Gasteiger partial charge in [0, 0.05) is 0 Å². The Labute approximate surface area is 111 Å². The maximum Gasteiger partial charge on any atom is -0.0440 e. The van der Waals surface area contributed by atoms with Crippen molar-refractivity contribution in [1.29, 1.82) is 0 Å². The van der Waals surface area contributed by atoms with Gasteiger partial charge in [-0.2, -0.15) is 0 Å². The molecule has 0 aliphatic heterocycles. The molecule has 0 aromatic heterocycles. The summed E-state index contributed by atoms with van der Waals surface area (Å²) in [6.45, 7) is 11.6. The Hall–Kier alpha value is 0. The molecule has 17 heavy (non-hydrogen) atoms. The maximum atomic E-state index is 2.37. The molecule has 0 spiro atoms. The van der Waals surface area contributed by atoms with Crippen LogP contribution in [0.3, 0.4) is 0 Å². The van der Waals surface area contributed by atoms with Gasteiger partial charge in [-0.1, -0.05) is 86.0 Å². The van der Waals surface area contributed by atoms with Gasteiger partial charge in [0.2, 0.25) is 0 Å². The second-order valence-electron chi connectivity index (χ2n) is 6.41. The first-order chi connectivity index (χ1) is 8.10. The summed E-state index contributed by atoms with van der Waals surface area (Å²) >= 11 is 0. The Morgan fingerprint density at radius 3 is 1.88 bits per heavy atom. The molecule has 3 unspecified atom stereocenters.